The van der Waals surface area contributed by atoms with Crippen molar-refractivity contribution in [3.63, 3.8) is 0 Å². The summed E-state index contributed by atoms with van der Waals surface area (Å²) in [6, 6.07) is 4.45. The maximum absolute atomic E-state index is 12.5. The number of carbonyl (C=O) groups excluding carboxylic acids is 2. The number of rotatable bonds is 9. The van der Waals surface area contributed by atoms with Crippen LogP contribution in [0.2, 0.25) is 0 Å². The van der Waals surface area contributed by atoms with E-state index in [0.29, 0.717) is 24.9 Å². The van der Waals surface area contributed by atoms with Gasteiger partial charge in [-0.3, -0.25) is 19.7 Å². The summed E-state index contributed by atoms with van der Waals surface area (Å²) >= 11 is 0. The lowest BCUT2D eigenvalue weighted by molar-refractivity contribution is -0.384. The van der Waals surface area contributed by atoms with Gasteiger partial charge in [-0.15, -0.1) is 0 Å². The van der Waals surface area contributed by atoms with Crippen LogP contribution in [0.3, 0.4) is 0 Å². The van der Waals surface area contributed by atoms with Gasteiger partial charge in [0.15, 0.2) is 0 Å². The van der Waals surface area contributed by atoms with Gasteiger partial charge in [-0.05, 0) is 31.7 Å². The predicted molar refractivity (Wildman–Crippen MR) is 97.4 cm³/mol. The quantitative estimate of drug-likeness (QED) is 0.313. The minimum atomic E-state index is -0.489. The molecule has 8 heteroatoms. The Bertz CT molecular complexity index is 656. The number of hydrogen-bond donors (Lipinski definition) is 1. The van der Waals surface area contributed by atoms with E-state index in [0.717, 1.165) is 44.5 Å². The van der Waals surface area contributed by atoms with E-state index in [9.17, 15) is 19.7 Å². The maximum atomic E-state index is 12.5. The van der Waals surface area contributed by atoms with Crippen LogP contribution in [0, 0.1) is 10.1 Å². The summed E-state index contributed by atoms with van der Waals surface area (Å²) in [7, 11) is 1.36. The number of esters is 1. The first-order chi connectivity index (χ1) is 12.5. The Labute approximate surface area is 152 Å². The highest BCUT2D eigenvalue weighted by atomic mass is 16.6. The van der Waals surface area contributed by atoms with E-state index in [1.54, 1.807) is 6.07 Å². The molecule has 1 aliphatic rings. The van der Waals surface area contributed by atoms with Gasteiger partial charge in [-0.2, -0.15) is 0 Å². The summed E-state index contributed by atoms with van der Waals surface area (Å²) in [4.78, 5) is 36.2. The molecule has 1 saturated heterocycles. The normalized spacial score (nSPS) is 13.5. The van der Waals surface area contributed by atoms with E-state index in [2.05, 4.69) is 15.0 Å². The van der Waals surface area contributed by atoms with Gasteiger partial charge >= 0.3 is 5.97 Å². The van der Waals surface area contributed by atoms with Crippen LogP contribution in [-0.4, -0.2) is 43.5 Å². The molecular formula is C18H25N3O5. The van der Waals surface area contributed by atoms with Crippen LogP contribution in [0.15, 0.2) is 18.2 Å². The Morgan fingerprint density at radius 2 is 1.96 bits per heavy atom. The van der Waals surface area contributed by atoms with Crippen LogP contribution in [0.4, 0.5) is 11.4 Å². The van der Waals surface area contributed by atoms with E-state index >= 15 is 0 Å². The smallest absolute Gasteiger partial charge is 0.305 e. The molecule has 0 atom stereocenters. The molecule has 1 aromatic rings. The molecule has 26 heavy (non-hydrogen) atoms. The predicted octanol–water partition coefficient (Wildman–Crippen LogP) is 2.66. The minimum absolute atomic E-state index is 0.0869. The van der Waals surface area contributed by atoms with E-state index in [4.69, 9.17) is 0 Å². The number of nitrogens with one attached hydrogen (secondary N) is 1. The molecule has 0 aliphatic carbocycles. The summed E-state index contributed by atoms with van der Waals surface area (Å²) in [5, 5.41) is 13.9. The molecule has 1 aromatic carbocycles. The Balaban J connectivity index is 1.94. The Morgan fingerprint density at radius 3 is 2.62 bits per heavy atom. The van der Waals surface area contributed by atoms with Crippen molar-refractivity contribution >= 4 is 23.3 Å². The van der Waals surface area contributed by atoms with Crippen molar-refractivity contribution in [2.45, 2.75) is 38.5 Å². The highest BCUT2D eigenvalue weighted by Gasteiger charge is 2.22. The van der Waals surface area contributed by atoms with Crippen molar-refractivity contribution in [3.8, 4) is 0 Å². The first-order valence-corrected chi connectivity index (χ1v) is 8.91. The van der Waals surface area contributed by atoms with E-state index < -0.39 is 4.92 Å². The van der Waals surface area contributed by atoms with Crippen molar-refractivity contribution in [2.75, 3.05) is 31.6 Å². The molecule has 0 saturated carbocycles. The Morgan fingerprint density at radius 1 is 1.23 bits per heavy atom. The minimum Gasteiger partial charge on any atom is -0.469 e. The molecular weight excluding hydrogens is 338 g/mol. The number of nitrogens with zero attached hydrogens (tertiary/aromatic N) is 2. The highest BCUT2D eigenvalue weighted by Crippen LogP contribution is 2.28. The molecule has 1 heterocycles. The summed E-state index contributed by atoms with van der Waals surface area (Å²) in [6.07, 6.45) is 4.71. The first-order valence-electron chi connectivity index (χ1n) is 8.91. The summed E-state index contributed by atoms with van der Waals surface area (Å²) in [5.74, 6) is -0.538. The van der Waals surface area contributed by atoms with Crippen molar-refractivity contribution in [1.29, 1.82) is 0 Å². The van der Waals surface area contributed by atoms with Crippen LogP contribution in [0.5, 0.6) is 0 Å². The summed E-state index contributed by atoms with van der Waals surface area (Å²) in [6.45, 7) is 2.17. The molecule has 0 radical (unpaired) electrons. The van der Waals surface area contributed by atoms with E-state index in [-0.39, 0.29) is 17.6 Å². The van der Waals surface area contributed by atoms with Gasteiger partial charge in [0.1, 0.15) is 0 Å². The fraction of sp³-hybridized carbons (Fsp3) is 0.556. The number of ether oxygens (including phenoxy) is 1. The first kappa shape index (κ1) is 19.7. The second-order valence-corrected chi connectivity index (χ2v) is 6.30. The van der Waals surface area contributed by atoms with Crippen molar-refractivity contribution in [2.24, 2.45) is 0 Å². The molecule has 1 fully saturated rings. The lowest BCUT2D eigenvalue weighted by Crippen LogP contribution is -2.28. The zero-order valence-corrected chi connectivity index (χ0v) is 15.0. The number of nitro groups is 1. The molecule has 1 amide bonds. The lowest BCUT2D eigenvalue weighted by atomic mass is 10.1. The average Bonchev–Trinajstić information content (AvgIpc) is 3.18. The highest BCUT2D eigenvalue weighted by molar-refractivity contribution is 6.00. The molecule has 0 unspecified atom stereocenters. The number of nitro benzene ring substituents is 1. The lowest BCUT2D eigenvalue weighted by Gasteiger charge is -2.20. The third-order valence-corrected chi connectivity index (χ3v) is 4.45. The van der Waals surface area contributed by atoms with Gasteiger partial charge in [0, 0.05) is 38.2 Å². The monoisotopic (exact) mass is 363 g/mol. The van der Waals surface area contributed by atoms with Gasteiger partial charge in [0.25, 0.3) is 11.6 Å². The molecule has 0 spiro atoms. The third kappa shape index (κ3) is 5.44. The van der Waals surface area contributed by atoms with Gasteiger partial charge in [-0.1, -0.05) is 6.42 Å². The number of non-ortho nitro benzene ring substituents is 1. The van der Waals surface area contributed by atoms with Crippen LogP contribution in [0.25, 0.3) is 0 Å². The molecule has 142 valence electrons. The summed E-state index contributed by atoms with van der Waals surface area (Å²) < 4.78 is 4.58. The number of hydrogen-bond acceptors (Lipinski definition) is 6. The largest absolute Gasteiger partial charge is 0.469 e. The zero-order chi connectivity index (χ0) is 18.9. The second kappa shape index (κ2) is 9.74. The fourth-order valence-corrected chi connectivity index (χ4v) is 3.02. The number of methoxy groups -OCH3 is 1. The van der Waals surface area contributed by atoms with Crippen LogP contribution in [-0.2, 0) is 9.53 Å². The van der Waals surface area contributed by atoms with Gasteiger partial charge in [0.2, 0.25) is 0 Å². The fourth-order valence-electron chi connectivity index (χ4n) is 3.02. The standard InChI is InChI=1S/C18H25N3O5/c1-26-17(22)7-3-2-4-10-19-18(23)15-13-14(21(24)25)8-9-16(15)20-11-5-6-12-20/h8-9,13H,2-7,10-12H2,1H3,(H,19,23). The average molecular weight is 363 g/mol. The molecule has 2 rings (SSSR count). The maximum Gasteiger partial charge on any atom is 0.305 e. The second-order valence-electron chi connectivity index (χ2n) is 6.30. The van der Waals surface area contributed by atoms with Crippen LogP contribution >= 0.6 is 0 Å². The SMILES string of the molecule is COC(=O)CCCCCNC(=O)c1cc([N+](=O)[O-])ccc1N1CCCC1. The van der Waals surface area contributed by atoms with Crippen molar-refractivity contribution in [1.82, 2.24) is 5.32 Å². The van der Waals surface area contributed by atoms with Crippen LogP contribution < -0.4 is 10.2 Å². The number of amides is 1. The molecule has 1 N–H and O–H groups in total. The molecule has 0 aromatic heterocycles. The van der Waals surface area contributed by atoms with E-state index in [1.165, 1.54) is 19.2 Å². The van der Waals surface area contributed by atoms with Gasteiger partial charge < -0.3 is 15.0 Å². The molecule has 0 bridgehead atoms. The Hall–Kier alpha value is -2.64. The van der Waals surface area contributed by atoms with Gasteiger partial charge in [-0.25, -0.2) is 0 Å². The zero-order valence-electron chi connectivity index (χ0n) is 15.0. The third-order valence-electron chi connectivity index (χ3n) is 4.45. The van der Waals surface area contributed by atoms with Crippen molar-refractivity contribution in [3.05, 3.63) is 33.9 Å². The number of benzene rings is 1. The number of carbonyl (C=O) groups is 2. The Kier molecular flexibility index (Phi) is 7.37. The topological polar surface area (TPSA) is 102 Å². The molecule has 8 nitrogen and oxygen atoms in total. The van der Waals surface area contributed by atoms with E-state index in [1.807, 2.05) is 0 Å². The number of unbranched alkanes of at least 4 members (excludes halogenated alkanes) is 2. The van der Waals surface area contributed by atoms with Crippen molar-refractivity contribution < 1.29 is 19.2 Å². The summed E-state index contributed by atoms with van der Waals surface area (Å²) in [5.41, 5.74) is 1.00. The van der Waals surface area contributed by atoms with Gasteiger partial charge in [0.05, 0.1) is 23.3 Å². The van der Waals surface area contributed by atoms with Crippen LogP contribution in [0.1, 0.15) is 48.9 Å². The molecule has 1 aliphatic heterocycles. The number of anilines is 1.